The van der Waals surface area contributed by atoms with Crippen LogP contribution in [-0.4, -0.2) is 11.9 Å². The Bertz CT molecular complexity index is 1330. The van der Waals surface area contributed by atoms with Crippen LogP contribution >= 0.6 is 0 Å². The molecule has 0 aliphatic heterocycles. The van der Waals surface area contributed by atoms with Gasteiger partial charge in [-0.25, -0.2) is 4.79 Å². The molecule has 0 spiro atoms. The second kappa shape index (κ2) is 8.28. The zero-order chi connectivity index (χ0) is 22.0. The molecule has 6 heteroatoms. The Morgan fingerprint density at radius 2 is 1.29 bits per heavy atom. The molecule has 31 heavy (non-hydrogen) atoms. The number of esters is 2. The van der Waals surface area contributed by atoms with Crippen molar-refractivity contribution in [1.29, 1.82) is 0 Å². The van der Waals surface area contributed by atoms with Gasteiger partial charge in [-0.3, -0.25) is 9.59 Å². The predicted molar refractivity (Wildman–Crippen MR) is 116 cm³/mol. The van der Waals surface area contributed by atoms with Gasteiger partial charge in [0.25, 0.3) is 0 Å². The molecule has 0 aliphatic rings. The molecule has 3 aromatic carbocycles. The summed E-state index contributed by atoms with van der Waals surface area (Å²) in [5.74, 6) is -0.213. The summed E-state index contributed by atoms with van der Waals surface area (Å²) in [4.78, 5) is 35.5. The van der Waals surface area contributed by atoms with Crippen LogP contribution in [0.25, 0.3) is 33.2 Å². The fraction of sp³-hybridized carbons (Fsp3) is 0.0800. The van der Waals surface area contributed by atoms with Gasteiger partial charge in [0.1, 0.15) is 17.1 Å². The topological polar surface area (TPSA) is 82.8 Å². The van der Waals surface area contributed by atoms with E-state index < -0.39 is 17.6 Å². The molecule has 0 saturated heterocycles. The van der Waals surface area contributed by atoms with Gasteiger partial charge in [-0.05, 0) is 35.4 Å². The Morgan fingerprint density at radius 1 is 0.710 bits per heavy atom. The van der Waals surface area contributed by atoms with Gasteiger partial charge in [-0.2, -0.15) is 0 Å². The van der Waals surface area contributed by atoms with E-state index in [1.165, 1.54) is 19.9 Å². The third-order valence-corrected chi connectivity index (χ3v) is 4.61. The van der Waals surface area contributed by atoms with Crippen LogP contribution in [0, 0.1) is 0 Å². The molecule has 0 aliphatic carbocycles. The van der Waals surface area contributed by atoms with Crippen molar-refractivity contribution in [2.75, 3.05) is 0 Å². The molecule has 0 bridgehead atoms. The van der Waals surface area contributed by atoms with Crippen molar-refractivity contribution < 1.29 is 23.5 Å². The summed E-state index contributed by atoms with van der Waals surface area (Å²) >= 11 is 0. The van der Waals surface area contributed by atoms with Crippen molar-refractivity contribution in [3.05, 3.63) is 83.2 Å². The summed E-state index contributed by atoms with van der Waals surface area (Å²) in [6.45, 7) is 2.63. The standard InChI is InChI=1S/C25H18O6/c1-15(26)29-19-10-8-18(9-11-19)24-23(17-6-4-3-5-7-17)21-13-12-20(30-16(2)27)14-22(21)31-25(24)28/h3-14H,1-2H3. The molecule has 0 saturated carbocycles. The monoisotopic (exact) mass is 414 g/mol. The molecule has 1 aromatic heterocycles. The van der Waals surface area contributed by atoms with Gasteiger partial charge in [-0.15, -0.1) is 0 Å². The minimum Gasteiger partial charge on any atom is -0.427 e. The van der Waals surface area contributed by atoms with E-state index in [1.54, 1.807) is 36.4 Å². The zero-order valence-corrected chi connectivity index (χ0v) is 16.9. The molecule has 0 amide bonds. The first-order valence-electron chi connectivity index (χ1n) is 9.56. The number of carbonyl (C=O) groups is 2. The molecule has 4 aromatic rings. The third-order valence-electron chi connectivity index (χ3n) is 4.61. The van der Waals surface area contributed by atoms with Crippen LogP contribution in [0.2, 0.25) is 0 Å². The normalized spacial score (nSPS) is 10.6. The van der Waals surface area contributed by atoms with Gasteiger partial charge < -0.3 is 13.9 Å². The Kier molecular flexibility index (Phi) is 5.37. The van der Waals surface area contributed by atoms with Crippen LogP contribution in [0.4, 0.5) is 0 Å². The molecule has 4 rings (SSSR count). The Morgan fingerprint density at radius 3 is 1.94 bits per heavy atom. The third kappa shape index (κ3) is 4.23. The highest BCUT2D eigenvalue weighted by Gasteiger charge is 2.19. The summed E-state index contributed by atoms with van der Waals surface area (Å²) in [5.41, 5.74) is 2.30. The van der Waals surface area contributed by atoms with Crippen molar-refractivity contribution in [3.8, 4) is 33.8 Å². The number of hydrogen-bond acceptors (Lipinski definition) is 6. The molecular weight excluding hydrogens is 396 g/mol. The van der Waals surface area contributed by atoms with E-state index in [0.29, 0.717) is 39.2 Å². The average Bonchev–Trinajstić information content (AvgIpc) is 2.73. The van der Waals surface area contributed by atoms with Gasteiger partial charge >= 0.3 is 17.6 Å². The highest BCUT2D eigenvalue weighted by molar-refractivity contribution is 6.01. The number of rotatable bonds is 4. The molecular formula is C25H18O6. The van der Waals surface area contributed by atoms with Crippen LogP contribution in [0.5, 0.6) is 11.5 Å². The van der Waals surface area contributed by atoms with E-state index in [1.807, 2.05) is 30.3 Å². The highest BCUT2D eigenvalue weighted by Crippen LogP contribution is 2.37. The van der Waals surface area contributed by atoms with E-state index >= 15 is 0 Å². The Labute approximate surface area is 177 Å². The lowest BCUT2D eigenvalue weighted by Gasteiger charge is -2.13. The summed E-state index contributed by atoms with van der Waals surface area (Å²) in [7, 11) is 0. The lowest BCUT2D eigenvalue weighted by atomic mass is 9.93. The molecule has 0 N–H and O–H groups in total. The van der Waals surface area contributed by atoms with Gasteiger partial charge in [0.05, 0.1) is 5.56 Å². The van der Waals surface area contributed by atoms with Crippen LogP contribution in [0.1, 0.15) is 13.8 Å². The zero-order valence-electron chi connectivity index (χ0n) is 16.9. The predicted octanol–water partition coefficient (Wildman–Crippen LogP) is 4.98. The summed E-state index contributed by atoms with van der Waals surface area (Å²) in [5, 5.41) is 0.695. The lowest BCUT2D eigenvalue weighted by Crippen LogP contribution is -2.07. The average molecular weight is 414 g/mol. The van der Waals surface area contributed by atoms with E-state index in [2.05, 4.69) is 0 Å². The minimum absolute atomic E-state index is 0.292. The molecule has 1 heterocycles. The van der Waals surface area contributed by atoms with Gasteiger partial charge in [0.2, 0.25) is 0 Å². The number of fused-ring (bicyclic) bond motifs is 1. The maximum Gasteiger partial charge on any atom is 0.344 e. The molecule has 154 valence electrons. The Balaban J connectivity index is 1.96. The van der Waals surface area contributed by atoms with E-state index in [4.69, 9.17) is 13.9 Å². The van der Waals surface area contributed by atoms with Crippen molar-refractivity contribution >= 4 is 22.9 Å². The first kappa shape index (κ1) is 20.1. The van der Waals surface area contributed by atoms with Gasteiger partial charge in [0, 0.05) is 30.9 Å². The van der Waals surface area contributed by atoms with Crippen LogP contribution in [0.3, 0.4) is 0 Å². The van der Waals surface area contributed by atoms with Crippen LogP contribution < -0.4 is 15.1 Å². The minimum atomic E-state index is -0.536. The fourth-order valence-corrected chi connectivity index (χ4v) is 3.43. The first-order valence-corrected chi connectivity index (χ1v) is 9.56. The largest absolute Gasteiger partial charge is 0.427 e. The first-order chi connectivity index (χ1) is 14.9. The fourth-order valence-electron chi connectivity index (χ4n) is 3.43. The van der Waals surface area contributed by atoms with Crippen molar-refractivity contribution in [3.63, 3.8) is 0 Å². The summed E-state index contributed by atoms with van der Waals surface area (Å²) < 4.78 is 15.8. The number of carbonyl (C=O) groups excluding carboxylic acids is 2. The van der Waals surface area contributed by atoms with Crippen molar-refractivity contribution in [1.82, 2.24) is 0 Å². The number of benzene rings is 3. The lowest BCUT2D eigenvalue weighted by molar-refractivity contribution is -0.132. The number of hydrogen-bond donors (Lipinski definition) is 0. The maximum atomic E-state index is 13.1. The summed E-state index contributed by atoms with van der Waals surface area (Å²) in [6.07, 6.45) is 0. The summed E-state index contributed by atoms with van der Waals surface area (Å²) in [6, 6.07) is 21.1. The second-order valence-corrected chi connectivity index (χ2v) is 6.88. The van der Waals surface area contributed by atoms with Crippen LogP contribution in [0.15, 0.2) is 82.0 Å². The van der Waals surface area contributed by atoms with E-state index in [-0.39, 0.29) is 0 Å². The van der Waals surface area contributed by atoms with Crippen LogP contribution in [-0.2, 0) is 9.59 Å². The van der Waals surface area contributed by atoms with Crippen molar-refractivity contribution in [2.24, 2.45) is 0 Å². The molecule has 0 unspecified atom stereocenters. The molecule has 6 nitrogen and oxygen atoms in total. The quantitative estimate of drug-likeness (QED) is 0.266. The van der Waals surface area contributed by atoms with E-state index in [9.17, 15) is 14.4 Å². The van der Waals surface area contributed by atoms with Gasteiger partial charge in [-0.1, -0.05) is 42.5 Å². The molecule has 0 atom stereocenters. The van der Waals surface area contributed by atoms with Gasteiger partial charge in [0.15, 0.2) is 0 Å². The Hall–Kier alpha value is -4.19. The maximum absolute atomic E-state index is 13.1. The number of ether oxygens (including phenoxy) is 2. The van der Waals surface area contributed by atoms with Crippen molar-refractivity contribution in [2.45, 2.75) is 13.8 Å². The second-order valence-electron chi connectivity index (χ2n) is 6.88. The highest BCUT2D eigenvalue weighted by atomic mass is 16.5. The molecule has 0 radical (unpaired) electrons. The molecule has 0 fully saturated rings. The smallest absolute Gasteiger partial charge is 0.344 e. The SMILES string of the molecule is CC(=O)Oc1ccc(-c2c(-c3ccccc3)c3ccc(OC(C)=O)cc3oc2=O)cc1. The van der Waals surface area contributed by atoms with E-state index in [0.717, 1.165) is 5.56 Å².